The van der Waals surface area contributed by atoms with Crippen LogP contribution in [0.1, 0.15) is 32.3 Å². The molecule has 0 aliphatic heterocycles. The lowest BCUT2D eigenvalue weighted by molar-refractivity contribution is -0.121. The molecule has 0 aliphatic carbocycles. The zero-order valence-corrected chi connectivity index (χ0v) is 13.1. The highest BCUT2D eigenvalue weighted by Crippen LogP contribution is 2.14. The summed E-state index contributed by atoms with van der Waals surface area (Å²) >= 11 is 0. The zero-order valence-electron chi connectivity index (χ0n) is 13.1. The van der Waals surface area contributed by atoms with Gasteiger partial charge in [-0.2, -0.15) is 0 Å². The molecule has 2 N–H and O–H groups in total. The summed E-state index contributed by atoms with van der Waals surface area (Å²) in [7, 11) is 0. The number of hydrogen-bond acceptors (Lipinski definition) is 3. The highest BCUT2D eigenvalue weighted by molar-refractivity contribution is 5.75. The Hall–Kier alpha value is -1.62. The Bertz CT molecular complexity index is 508. The van der Waals surface area contributed by atoms with Crippen molar-refractivity contribution >= 4 is 5.91 Å². The number of hydrogen-bond donors (Lipinski definition) is 2. The molecule has 1 heterocycles. The van der Waals surface area contributed by atoms with Crippen molar-refractivity contribution in [3.63, 3.8) is 0 Å². The Morgan fingerprint density at radius 2 is 2.14 bits per heavy atom. The predicted octanol–water partition coefficient (Wildman–Crippen LogP) is 1.32. The van der Waals surface area contributed by atoms with Gasteiger partial charge in [0.1, 0.15) is 6.54 Å². The molecule has 0 fully saturated rings. The second-order valence-electron chi connectivity index (χ2n) is 5.94. The van der Waals surface area contributed by atoms with Crippen LogP contribution in [0, 0.1) is 18.8 Å². The quantitative estimate of drug-likeness (QED) is 0.759. The Morgan fingerprint density at radius 1 is 1.43 bits per heavy atom. The molecule has 0 saturated carbocycles. The number of carbonyl (C=O) groups excluding carboxylic acids is 1. The SMILES string of the molecule is Cc1cccn(CC(=O)NCC(CCO)CC(C)C)c1=O. The summed E-state index contributed by atoms with van der Waals surface area (Å²) in [6, 6.07) is 3.49. The van der Waals surface area contributed by atoms with E-state index in [4.69, 9.17) is 5.11 Å². The van der Waals surface area contributed by atoms with E-state index in [-0.39, 0.29) is 30.5 Å². The Balaban J connectivity index is 2.53. The second-order valence-corrected chi connectivity index (χ2v) is 5.94. The van der Waals surface area contributed by atoms with Crippen LogP contribution in [-0.4, -0.2) is 28.7 Å². The van der Waals surface area contributed by atoms with Gasteiger partial charge in [-0.05, 0) is 37.7 Å². The average Bonchev–Trinajstić information content (AvgIpc) is 2.41. The molecule has 1 atom stereocenters. The van der Waals surface area contributed by atoms with Crippen molar-refractivity contribution in [1.82, 2.24) is 9.88 Å². The predicted molar refractivity (Wildman–Crippen MR) is 83.1 cm³/mol. The number of pyridine rings is 1. The van der Waals surface area contributed by atoms with Crippen LogP contribution in [0.3, 0.4) is 0 Å². The molecular weight excluding hydrogens is 268 g/mol. The molecule has 21 heavy (non-hydrogen) atoms. The number of rotatable bonds is 8. The van der Waals surface area contributed by atoms with Gasteiger partial charge in [0.15, 0.2) is 0 Å². The van der Waals surface area contributed by atoms with Gasteiger partial charge >= 0.3 is 0 Å². The van der Waals surface area contributed by atoms with Crippen LogP contribution in [-0.2, 0) is 11.3 Å². The third-order valence-corrected chi connectivity index (χ3v) is 3.45. The van der Waals surface area contributed by atoms with E-state index in [0.29, 0.717) is 24.4 Å². The number of aromatic nitrogens is 1. The molecule has 5 nitrogen and oxygen atoms in total. The third kappa shape index (κ3) is 6.12. The molecule has 1 aromatic rings. The molecule has 0 aromatic carbocycles. The van der Waals surface area contributed by atoms with E-state index in [2.05, 4.69) is 19.2 Å². The van der Waals surface area contributed by atoms with Gasteiger partial charge < -0.3 is 15.0 Å². The normalized spacial score (nSPS) is 12.4. The molecule has 0 saturated heterocycles. The minimum absolute atomic E-state index is 0.0358. The number of amides is 1. The smallest absolute Gasteiger partial charge is 0.253 e. The number of aliphatic hydroxyl groups is 1. The van der Waals surface area contributed by atoms with Crippen molar-refractivity contribution in [2.45, 2.75) is 40.2 Å². The van der Waals surface area contributed by atoms with Crippen molar-refractivity contribution < 1.29 is 9.90 Å². The summed E-state index contributed by atoms with van der Waals surface area (Å²) in [5.41, 5.74) is 0.491. The van der Waals surface area contributed by atoms with E-state index in [1.54, 1.807) is 25.3 Å². The average molecular weight is 294 g/mol. The lowest BCUT2D eigenvalue weighted by Gasteiger charge is -2.18. The summed E-state index contributed by atoms with van der Waals surface area (Å²) in [4.78, 5) is 23.8. The molecule has 1 rings (SSSR count). The minimum Gasteiger partial charge on any atom is -0.396 e. The molecular formula is C16H26N2O3. The molecule has 0 bridgehead atoms. The van der Waals surface area contributed by atoms with Crippen molar-refractivity contribution in [2.24, 2.45) is 11.8 Å². The van der Waals surface area contributed by atoms with Crippen molar-refractivity contribution in [2.75, 3.05) is 13.2 Å². The largest absolute Gasteiger partial charge is 0.396 e. The fourth-order valence-electron chi connectivity index (χ4n) is 2.40. The van der Waals surface area contributed by atoms with E-state index in [0.717, 1.165) is 6.42 Å². The zero-order chi connectivity index (χ0) is 15.8. The monoisotopic (exact) mass is 294 g/mol. The molecule has 1 unspecified atom stereocenters. The Morgan fingerprint density at radius 3 is 2.76 bits per heavy atom. The van der Waals surface area contributed by atoms with Gasteiger partial charge in [0.25, 0.3) is 5.56 Å². The number of aryl methyl sites for hydroxylation is 1. The molecule has 0 radical (unpaired) electrons. The Labute approximate surface area is 126 Å². The van der Waals surface area contributed by atoms with E-state index >= 15 is 0 Å². The van der Waals surface area contributed by atoms with Gasteiger partial charge in [0.2, 0.25) is 5.91 Å². The lowest BCUT2D eigenvalue weighted by atomic mass is 9.94. The van der Waals surface area contributed by atoms with Crippen LogP contribution >= 0.6 is 0 Å². The van der Waals surface area contributed by atoms with Gasteiger partial charge in [0.05, 0.1) is 0 Å². The van der Waals surface area contributed by atoms with Gasteiger partial charge in [-0.1, -0.05) is 19.9 Å². The van der Waals surface area contributed by atoms with Crippen LogP contribution in [0.5, 0.6) is 0 Å². The second kappa shape index (κ2) is 8.62. The maximum atomic E-state index is 11.9. The summed E-state index contributed by atoms with van der Waals surface area (Å²) in [5.74, 6) is 0.625. The van der Waals surface area contributed by atoms with Crippen molar-refractivity contribution in [3.8, 4) is 0 Å². The van der Waals surface area contributed by atoms with Crippen molar-refractivity contribution in [1.29, 1.82) is 0 Å². The first-order chi connectivity index (χ1) is 9.93. The van der Waals surface area contributed by atoms with Crippen LogP contribution in [0.4, 0.5) is 0 Å². The maximum absolute atomic E-state index is 11.9. The number of aliphatic hydroxyl groups excluding tert-OH is 1. The number of nitrogens with zero attached hydrogens (tertiary/aromatic N) is 1. The van der Waals surface area contributed by atoms with Gasteiger partial charge in [0, 0.05) is 24.9 Å². The number of carbonyl (C=O) groups is 1. The summed E-state index contributed by atoms with van der Waals surface area (Å²) in [6.07, 6.45) is 3.27. The lowest BCUT2D eigenvalue weighted by Crippen LogP contribution is -2.35. The maximum Gasteiger partial charge on any atom is 0.253 e. The topological polar surface area (TPSA) is 71.3 Å². The van der Waals surface area contributed by atoms with Crippen LogP contribution in [0.15, 0.2) is 23.1 Å². The molecule has 118 valence electrons. The highest BCUT2D eigenvalue weighted by Gasteiger charge is 2.12. The Kier molecular flexibility index (Phi) is 7.15. The van der Waals surface area contributed by atoms with Gasteiger partial charge in [-0.25, -0.2) is 0 Å². The standard InChI is InChI=1S/C16H26N2O3/c1-12(2)9-14(6-8-19)10-17-15(20)11-18-7-4-5-13(3)16(18)21/h4-5,7,12,14,19H,6,8-11H2,1-3H3,(H,17,20). The summed E-state index contributed by atoms with van der Waals surface area (Å²) in [5, 5.41) is 11.9. The van der Waals surface area contributed by atoms with Gasteiger partial charge in [-0.15, -0.1) is 0 Å². The molecule has 1 aromatic heterocycles. The highest BCUT2D eigenvalue weighted by atomic mass is 16.3. The van der Waals surface area contributed by atoms with Gasteiger partial charge in [-0.3, -0.25) is 9.59 Å². The van der Waals surface area contributed by atoms with Crippen molar-refractivity contribution in [3.05, 3.63) is 34.2 Å². The van der Waals surface area contributed by atoms with Crippen LogP contribution < -0.4 is 10.9 Å². The first-order valence-electron chi connectivity index (χ1n) is 7.47. The molecule has 0 spiro atoms. The first-order valence-corrected chi connectivity index (χ1v) is 7.47. The minimum atomic E-state index is -0.172. The fraction of sp³-hybridized carbons (Fsp3) is 0.625. The van der Waals surface area contributed by atoms with E-state index < -0.39 is 0 Å². The first kappa shape index (κ1) is 17.4. The van der Waals surface area contributed by atoms with E-state index in [1.807, 2.05) is 0 Å². The summed E-state index contributed by atoms with van der Waals surface area (Å²) in [6.45, 7) is 6.68. The van der Waals surface area contributed by atoms with Crippen LogP contribution in [0.2, 0.25) is 0 Å². The molecule has 0 aliphatic rings. The fourth-order valence-corrected chi connectivity index (χ4v) is 2.40. The molecule has 5 heteroatoms. The molecule has 1 amide bonds. The third-order valence-electron chi connectivity index (χ3n) is 3.45. The van der Waals surface area contributed by atoms with E-state index in [1.165, 1.54) is 4.57 Å². The van der Waals surface area contributed by atoms with Crippen LogP contribution in [0.25, 0.3) is 0 Å². The van der Waals surface area contributed by atoms with E-state index in [9.17, 15) is 9.59 Å². The summed E-state index contributed by atoms with van der Waals surface area (Å²) < 4.78 is 1.41. The number of nitrogens with one attached hydrogen (secondary N) is 1.